The van der Waals surface area contributed by atoms with Crippen LogP contribution in [-0.2, 0) is 120 Å². The number of carbonyl (C=O) groups is 16. The number of hydrogen-bond donors (Lipinski definition) is 27. The lowest BCUT2D eigenvalue weighted by Gasteiger charge is -2.33. The highest BCUT2D eigenvalue weighted by atomic mass is 35.5. The van der Waals surface area contributed by atoms with Crippen LogP contribution in [0.2, 0.25) is 10.0 Å². The van der Waals surface area contributed by atoms with Gasteiger partial charge in [-0.25, -0.2) is 37.1 Å². The van der Waals surface area contributed by atoms with Gasteiger partial charge in [0.15, 0.2) is 24.4 Å². The Balaban J connectivity index is -0.000000493. The van der Waals surface area contributed by atoms with Gasteiger partial charge in [0.2, 0.25) is 19.0 Å². The summed E-state index contributed by atoms with van der Waals surface area (Å²) in [6, 6.07) is 32.3. The number of nitrogens with two attached hydrogens (primary N) is 1. The minimum absolute atomic E-state index is 0.000230. The Morgan fingerprint density at radius 2 is 0.951 bits per heavy atom. The topological polar surface area (TPSA) is 835 Å². The Labute approximate surface area is 839 Å². The predicted molar refractivity (Wildman–Crippen MR) is 512 cm³/mol. The molecule has 1 aliphatic rings. The number of ether oxygens (including phenoxy) is 1. The molecule has 0 radical (unpaired) electrons. The molecule has 3 aromatic carbocycles. The zero-order valence-electron chi connectivity index (χ0n) is 78.2. The van der Waals surface area contributed by atoms with Crippen LogP contribution < -0.4 is 21.7 Å². The van der Waals surface area contributed by atoms with Crippen LogP contribution in [-0.4, -0.2) is 345 Å². The summed E-state index contributed by atoms with van der Waals surface area (Å²) in [5, 5.41) is 208. The van der Waals surface area contributed by atoms with Crippen molar-refractivity contribution in [2.75, 3.05) is 79.7 Å². The van der Waals surface area contributed by atoms with E-state index in [1.807, 2.05) is 66.0 Å². The highest BCUT2D eigenvalue weighted by molar-refractivity contribution is 7.10. The van der Waals surface area contributed by atoms with E-state index in [2.05, 4.69) is 47.0 Å². The number of methoxy groups -OCH3 is 1. The first-order chi connectivity index (χ1) is 67.0. The summed E-state index contributed by atoms with van der Waals surface area (Å²) >= 11 is 15.1. The first-order valence-electron chi connectivity index (χ1n) is 42.4. The van der Waals surface area contributed by atoms with Crippen LogP contribution in [0.25, 0.3) is 9.69 Å². The number of aliphatic carboxylic acids is 14. The normalized spacial score (nSPS) is 12.3. The number of likely N-dealkylation sites (N-methyl/N-ethyl adjacent to an activating group) is 1. The summed E-state index contributed by atoms with van der Waals surface area (Å²) in [7, 11) is 3.01. The Morgan fingerprint density at radius 1 is 0.510 bits per heavy atom. The Bertz CT molecular complexity index is 4650. The lowest BCUT2D eigenvalue weighted by Crippen LogP contribution is -2.45. The number of fused-ring (bicyclic) bond motifs is 1. The molecule has 796 valence electrons. The number of pyridine rings is 1. The highest BCUT2D eigenvalue weighted by Crippen LogP contribution is 2.34. The zero-order chi connectivity index (χ0) is 110. The number of carbonyl (C=O) groups excluding carboxylic acids is 2. The fourth-order valence-corrected chi connectivity index (χ4v) is 12.4. The number of amides is 1. The van der Waals surface area contributed by atoms with E-state index in [1.54, 1.807) is 87.1 Å². The molecule has 3 aromatic heterocycles. The van der Waals surface area contributed by atoms with Gasteiger partial charge in [-0.2, -0.15) is 0 Å². The minimum atomic E-state index is -1.35. The van der Waals surface area contributed by atoms with Gasteiger partial charge in [0.1, 0.15) is 24.4 Å². The number of aliphatic hydroxyl groups is 9. The van der Waals surface area contributed by atoms with Crippen molar-refractivity contribution in [2.24, 2.45) is 23.0 Å². The number of rotatable bonds is 47. The molecule has 0 aliphatic carbocycles. The van der Waals surface area contributed by atoms with E-state index in [-0.39, 0.29) is 142 Å². The van der Waals surface area contributed by atoms with E-state index in [4.69, 9.17) is 159 Å². The lowest BCUT2D eigenvalue weighted by atomic mass is 9.87. The second kappa shape index (κ2) is 83.4. The summed E-state index contributed by atoms with van der Waals surface area (Å²) in [6.07, 6.45) is -4.25. The van der Waals surface area contributed by atoms with Crippen LogP contribution in [0.4, 0.5) is 0 Å². The van der Waals surface area contributed by atoms with E-state index >= 15 is 0 Å². The van der Waals surface area contributed by atoms with Crippen LogP contribution in [0.1, 0.15) is 128 Å². The monoisotopic (exact) mass is 2100 g/mol. The van der Waals surface area contributed by atoms with E-state index in [1.165, 1.54) is 28.9 Å². The fourth-order valence-electron chi connectivity index (χ4n) is 10.4. The first-order valence-corrected chi connectivity index (χ1v) is 44.9. The van der Waals surface area contributed by atoms with Gasteiger partial charge in [-0.05, 0) is 138 Å². The third kappa shape index (κ3) is 79.1. The number of nitrogens with one attached hydrogen (secondary N) is 3. The standard InChI is InChI=1S/C16H16ClNO2S.C12H18O8.C10H12O3.C9H9ClO3.C9H19NO4.C8H9NO3.C7H8O3S.2C5H7NO3.C4H7NO4.2C3H7NO2/c1-20-16(19)15(12-4-2-3-5-13(12)17)18-8-6-14-11(10-18)7-9-21-14;13-9(14)3-7(4-10(15)16)1-2-8(5-11(17)18)6-12(19)20;11-9(10(12)13)7-6-8-4-2-1-3-5-8;10-7-3-1-6(2-4-7)5-8(11)9(12)13;1-9(2,6-12)7(13)8(14)10-4-3-5-11;10-7(8(11)12)5-6-1-3-9-4-2-6;8-6(7(9)10)4-5-2-1-3-11-5;2*1-6-3-4(7)2-5(8)9;6-3(7)1-5-2-4(8)9;1-4-2-3(5)6;4-2-1-3(5)6/h2-5,7,9,15H,6,8,10H2,1H3;7-8H,1-6H2,(H,13,14)(H,15,16)(H,17,18)(H,19,20);1-5,9,11H,6-7H2,(H,12,13);1-4,8,11H,5H2,(H,12,13);7,11-13H,3-6H2,1-2H3,(H,10,14);1-4,7,10H,5H2,(H,11,12);1-3,6,8H,4H2,(H,9,10);2*4,7H,2-3H2,(H,8,9);5H,1-2H2,(H,6,7)(H,8,9);4H,2H2,1H3,(H,5,6);1-2,4H2,(H,5,6)/t15-;;;;;;;2*4-;;;/m0......10.../s1. The van der Waals surface area contributed by atoms with Crippen molar-refractivity contribution in [3.05, 3.63) is 203 Å². The molecule has 7 rings (SSSR count). The SMILES string of the molecule is CC(C)(CO)C(O)C(=O)NCCCO.CNCC(=O)O.COC(=O)[C@H](c1ccccc1Cl)N1CCc2sccc2C1.NCCC(=O)O.O=C(O)C(O)CCc1ccccc1.O=C(O)C(O)Cc1ccc(Cl)cc1.O=C(O)C(O)Cc1cccs1.O=C(O)C(O)Cc1ccncc1.O=C(O)CC(CCC(CC(=O)O)CC(=O)O)CC(=O)O.O=C(O)CNCC(=O)O.[C-]#[N+]C[C@@H](O)CC(=O)O.[C-]#[N+]C[C@H](O)CC(=O)O. The van der Waals surface area contributed by atoms with Gasteiger partial charge in [0.05, 0.1) is 52.6 Å². The molecule has 0 spiro atoms. The molecule has 5 unspecified atom stereocenters. The second-order valence-electron chi connectivity index (χ2n) is 30.2. The lowest BCUT2D eigenvalue weighted by molar-refractivity contribution is -0.148. The van der Waals surface area contributed by atoms with E-state index in [9.17, 15) is 81.8 Å². The van der Waals surface area contributed by atoms with Gasteiger partial charge in [-0.1, -0.05) is 104 Å². The molecule has 1 aliphatic heterocycles. The zero-order valence-corrected chi connectivity index (χ0v) is 81.4. The van der Waals surface area contributed by atoms with Gasteiger partial charge < -0.3 is 148 Å². The number of thiophene rings is 2. The summed E-state index contributed by atoms with van der Waals surface area (Å²) in [5.74, 6) is -17.2. The Hall–Kier alpha value is -13.2. The number of hydrogen-bond acceptors (Lipinski definition) is 33. The van der Waals surface area contributed by atoms with Crippen LogP contribution >= 0.6 is 45.9 Å². The maximum Gasteiger partial charge on any atom is 0.332 e. The average molecular weight is 2110 g/mol. The molecule has 48 nitrogen and oxygen atoms in total. The summed E-state index contributed by atoms with van der Waals surface area (Å²) in [5.41, 5.74) is 8.67. The summed E-state index contributed by atoms with van der Waals surface area (Å²) < 4.78 is 5.01. The van der Waals surface area contributed by atoms with Gasteiger partial charge >= 0.3 is 89.5 Å². The molecule has 6 aromatic rings. The van der Waals surface area contributed by atoms with Crippen molar-refractivity contribution in [2.45, 2.75) is 172 Å². The largest absolute Gasteiger partial charge is 0.481 e. The van der Waals surface area contributed by atoms with Gasteiger partial charge in [0.25, 0.3) is 0 Å². The van der Waals surface area contributed by atoms with E-state index < -0.39 is 155 Å². The maximum atomic E-state index is 12.3. The summed E-state index contributed by atoms with van der Waals surface area (Å²) in [4.78, 5) is 179. The third-order valence-corrected chi connectivity index (χ3v) is 20.1. The van der Waals surface area contributed by atoms with Crippen molar-refractivity contribution >= 4 is 141 Å². The van der Waals surface area contributed by atoms with Crippen molar-refractivity contribution < 1.29 is 199 Å². The third-order valence-electron chi connectivity index (χ3n) is 17.5. The Kier molecular flexibility index (Phi) is 80.6. The number of aromatic nitrogens is 1. The van der Waals surface area contributed by atoms with Crippen LogP contribution in [0.5, 0.6) is 0 Å². The Morgan fingerprint density at radius 3 is 1.31 bits per heavy atom. The van der Waals surface area contributed by atoms with Crippen molar-refractivity contribution in [1.29, 1.82) is 0 Å². The number of benzene rings is 3. The van der Waals surface area contributed by atoms with Crippen LogP contribution in [0, 0.1) is 30.4 Å². The number of esters is 1. The molecule has 143 heavy (non-hydrogen) atoms. The molecule has 28 N–H and O–H groups in total. The highest BCUT2D eigenvalue weighted by Gasteiger charge is 2.35. The summed E-state index contributed by atoms with van der Waals surface area (Å²) in [6.45, 7) is 16.7. The smallest absolute Gasteiger partial charge is 0.332 e. The van der Waals surface area contributed by atoms with Crippen molar-refractivity contribution in [1.82, 2.24) is 25.8 Å². The first kappa shape index (κ1) is 138. The molecule has 1 amide bonds. The van der Waals surface area contributed by atoms with Gasteiger partial charge in [-0.15, -0.1) is 22.7 Å². The number of nitrogens with zero attached hydrogens (tertiary/aromatic N) is 4. The molecule has 0 fully saturated rings. The van der Waals surface area contributed by atoms with E-state index in [0.717, 1.165) is 46.6 Å². The van der Waals surface area contributed by atoms with E-state index in [0.29, 0.717) is 29.4 Å². The van der Waals surface area contributed by atoms with Crippen LogP contribution in [0.15, 0.2) is 132 Å². The molecular formula is C91H126Cl2N8O40S2. The van der Waals surface area contributed by atoms with Gasteiger partial charge in [-0.3, -0.25) is 67.9 Å². The minimum Gasteiger partial charge on any atom is -0.481 e. The molecule has 52 heteroatoms. The van der Waals surface area contributed by atoms with Gasteiger partial charge in [0, 0.05) is 115 Å². The number of halogens is 2. The number of aliphatic hydroxyl groups excluding tert-OH is 9. The van der Waals surface area contributed by atoms with Crippen LogP contribution in [0.3, 0.4) is 0 Å². The predicted octanol–water partition coefficient (Wildman–Crippen LogP) is 3.57. The number of carboxylic acids is 14. The van der Waals surface area contributed by atoms with Crippen molar-refractivity contribution in [3.8, 4) is 0 Å². The molecular weight excluding hydrogens is 1980 g/mol. The molecule has 0 bridgehead atoms. The fraction of sp³-hybridized carbons (Fsp3) is 0.462. The molecule has 0 saturated heterocycles. The molecule has 8 atom stereocenters. The average Bonchev–Trinajstić information content (AvgIpc) is 1.78. The second-order valence-corrected chi connectivity index (χ2v) is 33.1. The molecule has 4 heterocycles. The number of aryl methyl sites for hydroxylation is 1. The molecule has 0 saturated carbocycles. The quantitative estimate of drug-likeness (QED) is 0.0147. The van der Waals surface area contributed by atoms with Crippen molar-refractivity contribution in [3.63, 3.8) is 0 Å². The number of carboxylic acid groups (broad SMARTS) is 14. The maximum absolute atomic E-state index is 12.3.